The number of nitrogens with zero attached hydrogens (tertiary/aromatic N) is 1. The van der Waals surface area contributed by atoms with Gasteiger partial charge in [-0.15, -0.1) is 23.7 Å². The minimum Gasteiger partial charge on any atom is -0.338 e. The first-order valence-electron chi connectivity index (χ1n) is 5.22. The summed E-state index contributed by atoms with van der Waals surface area (Å²) >= 11 is 1.70. The lowest BCUT2D eigenvalue weighted by atomic mass is 10.3. The summed E-state index contributed by atoms with van der Waals surface area (Å²) in [5.41, 5.74) is 0. The summed E-state index contributed by atoms with van der Waals surface area (Å²) in [6, 6.07) is 4.09. The van der Waals surface area contributed by atoms with Gasteiger partial charge in [0.2, 0.25) is 5.91 Å². The molecule has 3 nitrogen and oxygen atoms in total. The molecule has 0 saturated carbocycles. The standard InChI is InChI=1S/C11H18N2OS.ClH/c1-3-13(11(14)6-7-12-2)9-10-5-4-8-15-10;/h4-5,8,12H,3,6-7,9H2,1-2H3;1H. The minimum absolute atomic E-state index is 0. The van der Waals surface area contributed by atoms with Crippen LogP contribution in [-0.2, 0) is 11.3 Å². The van der Waals surface area contributed by atoms with Crippen LogP contribution in [0.5, 0.6) is 0 Å². The number of amides is 1. The van der Waals surface area contributed by atoms with E-state index in [1.54, 1.807) is 11.3 Å². The Morgan fingerprint density at radius 1 is 1.56 bits per heavy atom. The van der Waals surface area contributed by atoms with E-state index in [0.29, 0.717) is 6.42 Å². The first-order chi connectivity index (χ1) is 7.27. The highest BCUT2D eigenvalue weighted by molar-refractivity contribution is 7.09. The number of carbonyl (C=O) groups excluding carboxylic acids is 1. The summed E-state index contributed by atoms with van der Waals surface area (Å²) < 4.78 is 0. The number of hydrogen-bond acceptors (Lipinski definition) is 3. The van der Waals surface area contributed by atoms with Gasteiger partial charge in [-0.2, -0.15) is 0 Å². The van der Waals surface area contributed by atoms with Gasteiger partial charge in [0.15, 0.2) is 0 Å². The zero-order valence-corrected chi connectivity index (χ0v) is 11.4. The van der Waals surface area contributed by atoms with Crippen molar-refractivity contribution in [3.63, 3.8) is 0 Å². The van der Waals surface area contributed by atoms with Gasteiger partial charge < -0.3 is 10.2 Å². The smallest absolute Gasteiger partial charge is 0.224 e. The summed E-state index contributed by atoms with van der Waals surface area (Å²) in [5, 5.41) is 5.03. The van der Waals surface area contributed by atoms with Crippen LogP contribution >= 0.6 is 23.7 Å². The second-order valence-corrected chi connectivity index (χ2v) is 4.37. The predicted octanol–water partition coefficient (Wildman–Crippen LogP) is 2.13. The van der Waals surface area contributed by atoms with Crippen molar-refractivity contribution in [1.29, 1.82) is 0 Å². The molecule has 0 fully saturated rings. The maximum absolute atomic E-state index is 11.7. The highest BCUT2D eigenvalue weighted by Gasteiger charge is 2.11. The maximum atomic E-state index is 11.7. The first-order valence-corrected chi connectivity index (χ1v) is 6.10. The molecule has 92 valence electrons. The number of rotatable bonds is 6. The molecule has 1 N–H and O–H groups in total. The lowest BCUT2D eigenvalue weighted by Gasteiger charge is -2.20. The lowest BCUT2D eigenvalue weighted by molar-refractivity contribution is -0.131. The minimum atomic E-state index is 0. The van der Waals surface area contributed by atoms with Crippen molar-refractivity contribution in [3.05, 3.63) is 22.4 Å². The van der Waals surface area contributed by atoms with Gasteiger partial charge in [0.25, 0.3) is 0 Å². The molecule has 1 amide bonds. The van der Waals surface area contributed by atoms with Crippen LogP contribution < -0.4 is 5.32 Å². The first kappa shape index (κ1) is 15.4. The van der Waals surface area contributed by atoms with Crippen molar-refractivity contribution >= 4 is 29.7 Å². The molecule has 0 aromatic carbocycles. The third-order valence-corrected chi connectivity index (χ3v) is 3.11. The van der Waals surface area contributed by atoms with Gasteiger partial charge in [0, 0.05) is 24.4 Å². The normalized spacial score (nSPS) is 9.62. The van der Waals surface area contributed by atoms with Crippen molar-refractivity contribution < 1.29 is 4.79 Å². The van der Waals surface area contributed by atoms with Crippen molar-refractivity contribution in [1.82, 2.24) is 10.2 Å². The average Bonchev–Trinajstić information content (AvgIpc) is 2.75. The molecule has 0 bridgehead atoms. The molecule has 16 heavy (non-hydrogen) atoms. The van der Waals surface area contributed by atoms with Gasteiger partial charge >= 0.3 is 0 Å². The Hall–Kier alpha value is -0.580. The third-order valence-electron chi connectivity index (χ3n) is 2.25. The Balaban J connectivity index is 0.00000225. The molecule has 5 heteroatoms. The highest BCUT2D eigenvalue weighted by Crippen LogP contribution is 2.12. The van der Waals surface area contributed by atoms with E-state index in [1.165, 1.54) is 4.88 Å². The van der Waals surface area contributed by atoms with Crippen LogP contribution in [0, 0.1) is 0 Å². The number of thiophene rings is 1. The molecule has 1 heterocycles. The SMILES string of the molecule is CCN(Cc1cccs1)C(=O)CCNC.Cl. The fourth-order valence-corrected chi connectivity index (χ4v) is 2.08. The maximum Gasteiger partial charge on any atom is 0.224 e. The predicted molar refractivity (Wildman–Crippen MR) is 71.2 cm³/mol. The zero-order chi connectivity index (χ0) is 11.1. The molecule has 0 atom stereocenters. The highest BCUT2D eigenvalue weighted by atomic mass is 35.5. The van der Waals surface area contributed by atoms with E-state index in [-0.39, 0.29) is 18.3 Å². The summed E-state index contributed by atoms with van der Waals surface area (Å²) in [4.78, 5) is 14.9. The van der Waals surface area contributed by atoms with E-state index in [0.717, 1.165) is 19.6 Å². The van der Waals surface area contributed by atoms with E-state index < -0.39 is 0 Å². The second kappa shape index (κ2) is 8.56. The summed E-state index contributed by atoms with van der Waals surface area (Å²) in [7, 11) is 1.86. The van der Waals surface area contributed by atoms with Crippen LogP contribution in [0.1, 0.15) is 18.2 Å². The average molecular weight is 263 g/mol. The largest absolute Gasteiger partial charge is 0.338 e. The van der Waals surface area contributed by atoms with Gasteiger partial charge in [-0.3, -0.25) is 4.79 Å². The molecule has 0 saturated heterocycles. The number of carbonyl (C=O) groups is 1. The molecular weight excluding hydrogens is 244 g/mol. The summed E-state index contributed by atoms with van der Waals surface area (Å²) in [6.07, 6.45) is 0.579. The van der Waals surface area contributed by atoms with Gasteiger partial charge in [0.05, 0.1) is 6.54 Å². The van der Waals surface area contributed by atoms with E-state index in [2.05, 4.69) is 11.4 Å². The van der Waals surface area contributed by atoms with Crippen LogP contribution in [0.25, 0.3) is 0 Å². The molecule has 0 spiro atoms. The van der Waals surface area contributed by atoms with Gasteiger partial charge in [-0.1, -0.05) is 6.07 Å². The Bertz CT molecular complexity index is 290. The number of hydrogen-bond donors (Lipinski definition) is 1. The second-order valence-electron chi connectivity index (χ2n) is 3.34. The van der Waals surface area contributed by atoms with Crippen LogP contribution in [0.15, 0.2) is 17.5 Å². The zero-order valence-electron chi connectivity index (χ0n) is 9.73. The molecule has 0 aliphatic heterocycles. The van der Waals surface area contributed by atoms with Crippen molar-refractivity contribution in [3.8, 4) is 0 Å². The molecule has 0 unspecified atom stereocenters. The Labute approximate surface area is 107 Å². The molecule has 0 radical (unpaired) electrons. The van der Waals surface area contributed by atoms with E-state index in [9.17, 15) is 4.79 Å². The Morgan fingerprint density at radius 3 is 2.81 bits per heavy atom. The van der Waals surface area contributed by atoms with Crippen LogP contribution in [0.4, 0.5) is 0 Å². The topological polar surface area (TPSA) is 32.3 Å². The summed E-state index contributed by atoms with van der Waals surface area (Å²) in [6.45, 7) is 4.29. The number of halogens is 1. The fourth-order valence-electron chi connectivity index (χ4n) is 1.36. The van der Waals surface area contributed by atoms with Crippen LogP contribution in [0.3, 0.4) is 0 Å². The molecule has 1 aromatic heterocycles. The lowest BCUT2D eigenvalue weighted by Crippen LogP contribution is -2.31. The van der Waals surface area contributed by atoms with Crippen molar-refractivity contribution in [2.45, 2.75) is 19.9 Å². The molecule has 0 aliphatic carbocycles. The van der Waals surface area contributed by atoms with Crippen LogP contribution in [0.2, 0.25) is 0 Å². The Kier molecular flexibility index (Phi) is 8.25. The van der Waals surface area contributed by atoms with Gasteiger partial charge in [-0.05, 0) is 25.4 Å². The molecule has 1 aromatic rings. The van der Waals surface area contributed by atoms with Crippen LogP contribution in [-0.4, -0.2) is 30.9 Å². The van der Waals surface area contributed by atoms with E-state index >= 15 is 0 Å². The van der Waals surface area contributed by atoms with E-state index in [4.69, 9.17) is 0 Å². The molecule has 1 rings (SSSR count). The van der Waals surface area contributed by atoms with Crippen molar-refractivity contribution in [2.24, 2.45) is 0 Å². The van der Waals surface area contributed by atoms with Crippen molar-refractivity contribution in [2.75, 3.05) is 20.1 Å². The number of nitrogens with one attached hydrogen (secondary N) is 1. The quantitative estimate of drug-likeness (QED) is 0.852. The van der Waals surface area contributed by atoms with Gasteiger partial charge in [-0.25, -0.2) is 0 Å². The monoisotopic (exact) mass is 262 g/mol. The van der Waals surface area contributed by atoms with E-state index in [1.807, 2.05) is 30.3 Å². The molecular formula is C11H19ClN2OS. The fraction of sp³-hybridized carbons (Fsp3) is 0.545. The molecule has 0 aliphatic rings. The Morgan fingerprint density at radius 2 is 2.31 bits per heavy atom. The van der Waals surface area contributed by atoms with Gasteiger partial charge in [0.1, 0.15) is 0 Å². The third kappa shape index (κ3) is 4.96. The summed E-state index contributed by atoms with van der Waals surface area (Å²) in [5.74, 6) is 0.222.